The molecule has 2 aliphatic rings. The fourth-order valence-electron chi connectivity index (χ4n) is 2.98. The zero-order valence-corrected chi connectivity index (χ0v) is 11.1. The van der Waals surface area contributed by atoms with Gasteiger partial charge in [0.25, 0.3) is 0 Å². The summed E-state index contributed by atoms with van der Waals surface area (Å²) in [6.45, 7) is 1.63. The number of hydrogen-bond acceptors (Lipinski definition) is 3. The maximum atomic E-state index is 12.7. The van der Waals surface area contributed by atoms with E-state index in [-0.39, 0.29) is 5.78 Å². The lowest BCUT2D eigenvalue weighted by molar-refractivity contribution is 0.103. The first kappa shape index (κ1) is 11.5. The van der Waals surface area contributed by atoms with Crippen LogP contribution in [0.5, 0.6) is 5.75 Å². The third-order valence-electron chi connectivity index (χ3n) is 4.04. The van der Waals surface area contributed by atoms with Crippen LogP contribution < -0.4 is 10.1 Å². The molecule has 0 bridgehead atoms. The minimum atomic E-state index is 0.0419. The molecule has 0 spiro atoms. The summed E-state index contributed by atoms with van der Waals surface area (Å²) in [6, 6.07) is 11.7. The molecule has 20 heavy (non-hydrogen) atoms. The molecule has 2 aromatic rings. The first-order chi connectivity index (χ1) is 9.83. The molecule has 0 saturated heterocycles. The molecule has 3 nitrogen and oxygen atoms in total. The highest BCUT2D eigenvalue weighted by Crippen LogP contribution is 2.32. The number of anilines is 1. The molecule has 4 rings (SSSR count). The van der Waals surface area contributed by atoms with E-state index in [9.17, 15) is 4.79 Å². The Bertz CT molecular complexity index is 706. The molecule has 0 atom stereocenters. The second kappa shape index (κ2) is 4.37. The van der Waals surface area contributed by atoms with Crippen LogP contribution in [-0.4, -0.2) is 18.9 Å². The molecule has 0 saturated carbocycles. The molecule has 0 amide bonds. The molecular weight excluding hydrogens is 250 g/mol. The predicted molar refractivity (Wildman–Crippen MR) is 77.7 cm³/mol. The minimum Gasteiger partial charge on any atom is -0.492 e. The van der Waals surface area contributed by atoms with Crippen LogP contribution in [0.2, 0.25) is 0 Å². The van der Waals surface area contributed by atoms with Gasteiger partial charge in [0.1, 0.15) is 5.75 Å². The van der Waals surface area contributed by atoms with E-state index in [2.05, 4.69) is 5.32 Å². The molecule has 1 N–H and O–H groups in total. The molecule has 0 aliphatic carbocycles. The Balaban J connectivity index is 1.76. The first-order valence-electron chi connectivity index (χ1n) is 6.99. The molecule has 0 fully saturated rings. The maximum absolute atomic E-state index is 12.7. The number of rotatable bonds is 2. The lowest BCUT2D eigenvalue weighted by Crippen LogP contribution is -2.04. The standard InChI is InChI=1S/C17H15NO2/c19-16(13-5-4-11-6-8-18-15(11)10-13)14-3-1-2-12-7-9-20-17(12)14/h1-5,10,18H,6-9H2. The van der Waals surface area contributed by atoms with Crippen molar-refractivity contribution in [2.24, 2.45) is 0 Å². The van der Waals surface area contributed by atoms with E-state index in [1.54, 1.807) is 0 Å². The van der Waals surface area contributed by atoms with Gasteiger partial charge >= 0.3 is 0 Å². The van der Waals surface area contributed by atoms with Crippen LogP contribution in [0.4, 0.5) is 5.69 Å². The van der Waals surface area contributed by atoms with E-state index in [1.807, 2.05) is 36.4 Å². The number of para-hydroxylation sites is 1. The quantitative estimate of drug-likeness (QED) is 0.849. The average molecular weight is 265 g/mol. The Morgan fingerprint density at radius 2 is 2.05 bits per heavy atom. The Kier molecular flexibility index (Phi) is 2.52. The Morgan fingerprint density at radius 3 is 3.00 bits per heavy atom. The zero-order chi connectivity index (χ0) is 13.5. The summed E-state index contributed by atoms with van der Waals surface area (Å²) in [6.07, 6.45) is 1.93. The van der Waals surface area contributed by atoms with Gasteiger partial charge in [-0.25, -0.2) is 0 Å². The van der Waals surface area contributed by atoms with Gasteiger partial charge in [-0.15, -0.1) is 0 Å². The summed E-state index contributed by atoms with van der Waals surface area (Å²) in [5, 5.41) is 3.32. The highest BCUT2D eigenvalue weighted by Gasteiger charge is 2.22. The Labute approximate surface area is 117 Å². The van der Waals surface area contributed by atoms with Crippen LogP contribution in [0.15, 0.2) is 36.4 Å². The van der Waals surface area contributed by atoms with Gasteiger partial charge < -0.3 is 10.1 Å². The molecule has 0 unspecified atom stereocenters. The van der Waals surface area contributed by atoms with Crippen molar-refractivity contribution >= 4 is 11.5 Å². The van der Waals surface area contributed by atoms with E-state index >= 15 is 0 Å². The summed E-state index contributed by atoms with van der Waals surface area (Å²) < 4.78 is 5.63. The lowest BCUT2D eigenvalue weighted by atomic mass is 9.98. The van der Waals surface area contributed by atoms with Gasteiger partial charge in [0.2, 0.25) is 0 Å². The van der Waals surface area contributed by atoms with Crippen molar-refractivity contribution in [3.05, 3.63) is 58.7 Å². The molecule has 0 aromatic heterocycles. The fraction of sp³-hybridized carbons (Fsp3) is 0.235. The van der Waals surface area contributed by atoms with Crippen molar-refractivity contribution in [1.82, 2.24) is 0 Å². The average Bonchev–Trinajstić information content (AvgIpc) is 3.13. The molecule has 2 heterocycles. The number of fused-ring (bicyclic) bond motifs is 2. The lowest BCUT2D eigenvalue weighted by Gasteiger charge is -2.08. The first-order valence-corrected chi connectivity index (χ1v) is 6.99. The van der Waals surface area contributed by atoms with Gasteiger partial charge in [-0.3, -0.25) is 4.79 Å². The van der Waals surface area contributed by atoms with Crippen molar-refractivity contribution in [2.45, 2.75) is 12.8 Å². The summed E-state index contributed by atoms with van der Waals surface area (Å²) in [5.74, 6) is 0.811. The number of ether oxygens (including phenoxy) is 1. The third-order valence-corrected chi connectivity index (χ3v) is 4.04. The number of nitrogens with one attached hydrogen (secondary N) is 1. The minimum absolute atomic E-state index is 0.0419. The van der Waals surface area contributed by atoms with Gasteiger partial charge in [0.05, 0.1) is 12.2 Å². The second-order valence-corrected chi connectivity index (χ2v) is 5.27. The van der Waals surface area contributed by atoms with Crippen LogP contribution in [0.1, 0.15) is 27.0 Å². The normalized spacial score (nSPS) is 15.2. The van der Waals surface area contributed by atoms with Crippen LogP contribution in [0.3, 0.4) is 0 Å². The van der Waals surface area contributed by atoms with Crippen molar-refractivity contribution in [1.29, 1.82) is 0 Å². The summed E-state index contributed by atoms with van der Waals surface area (Å²) in [4.78, 5) is 12.7. The maximum Gasteiger partial charge on any atom is 0.196 e. The van der Waals surface area contributed by atoms with Gasteiger partial charge in [-0.1, -0.05) is 24.3 Å². The molecule has 2 aliphatic heterocycles. The fourth-order valence-corrected chi connectivity index (χ4v) is 2.98. The van der Waals surface area contributed by atoms with Crippen LogP contribution >= 0.6 is 0 Å². The number of ketones is 1. The van der Waals surface area contributed by atoms with E-state index in [4.69, 9.17) is 4.74 Å². The molecule has 0 radical (unpaired) electrons. The van der Waals surface area contributed by atoms with E-state index in [0.717, 1.165) is 42.0 Å². The van der Waals surface area contributed by atoms with Gasteiger partial charge in [-0.2, -0.15) is 0 Å². The van der Waals surface area contributed by atoms with Crippen molar-refractivity contribution in [3.8, 4) is 5.75 Å². The Morgan fingerprint density at radius 1 is 1.10 bits per heavy atom. The van der Waals surface area contributed by atoms with E-state index < -0.39 is 0 Å². The summed E-state index contributed by atoms with van der Waals surface area (Å²) in [5.41, 5.74) is 4.91. The topological polar surface area (TPSA) is 38.3 Å². The summed E-state index contributed by atoms with van der Waals surface area (Å²) in [7, 11) is 0. The van der Waals surface area contributed by atoms with Gasteiger partial charge in [-0.05, 0) is 29.7 Å². The van der Waals surface area contributed by atoms with Crippen molar-refractivity contribution in [3.63, 3.8) is 0 Å². The van der Waals surface area contributed by atoms with Gasteiger partial charge in [0.15, 0.2) is 5.78 Å². The molecular formula is C17H15NO2. The highest BCUT2D eigenvalue weighted by molar-refractivity contribution is 6.11. The van der Waals surface area contributed by atoms with Crippen molar-refractivity contribution in [2.75, 3.05) is 18.5 Å². The van der Waals surface area contributed by atoms with E-state index in [1.165, 1.54) is 5.56 Å². The van der Waals surface area contributed by atoms with Gasteiger partial charge in [0, 0.05) is 24.2 Å². The third kappa shape index (κ3) is 1.70. The predicted octanol–water partition coefficient (Wildman–Crippen LogP) is 2.82. The Hall–Kier alpha value is -2.29. The monoisotopic (exact) mass is 265 g/mol. The zero-order valence-electron chi connectivity index (χ0n) is 11.1. The second-order valence-electron chi connectivity index (χ2n) is 5.27. The molecule has 2 aromatic carbocycles. The largest absolute Gasteiger partial charge is 0.492 e. The number of carbonyl (C=O) groups excluding carboxylic acids is 1. The highest BCUT2D eigenvalue weighted by atomic mass is 16.5. The molecule has 100 valence electrons. The summed E-state index contributed by atoms with van der Waals surface area (Å²) >= 11 is 0. The van der Waals surface area contributed by atoms with E-state index in [0.29, 0.717) is 12.2 Å². The number of hydrogen-bond donors (Lipinski definition) is 1. The smallest absolute Gasteiger partial charge is 0.196 e. The SMILES string of the molecule is O=C(c1ccc2c(c1)NCC2)c1cccc2c1OCC2. The van der Waals surface area contributed by atoms with Crippen molar-refractivity contribution < 1.29 is 9.53 Å². The van der Waals surface area contributed by atoms with Crippen LogP contribution in [-0.2, 0) is 12.8 Å². The van der Waals surface area contributed by atoms with Crippen LogP contribution in [0, 0.1) is 0 Å². The van der Waals surface area contributed by atoms with Crippen LogP contribution in [0.25, 0.3) is 0 Å². The molecule has 3 heteroatoms. The number of benzene rings is 2. The number of carbonyl (C=O) groups is 1.